The van der Waals surface area contributed by atoms with Crippen LogP contribution in [0.4, 0.5) is 0 Å². The second kappa shape index (κ2) is 6.76. The maximum absolute atomic E-state index is 12.5. The fourth-order valence-electron chi connectivity index (χ4n) is 2.42. The molecule has 0 spiro atoms. The average Bonchev–Trinajstić information content (AvgIpc) is 2.46. The molecule has 1 aromatic carbocycles. The summed E-state index contributed by atoms with van der Waals surface area (Å²) in [5.41, 5.74) is 0.992. The molecule has 1 aliphatic rings. The molecule has 21 heavy (non-hydrogen) atoms. The lowest BCUT2D eigenvalue weighted by Gasteiger charge is -2.34. The molecule has 0 aliphatic carbocycles. The van der Waals surface area contributed by atoms with Crippen LogP contribution in [0.25, 0.3) is 0 Å². The first-order valence-electron chi connectivity index (χ1n) is 6.89. The third-order valence-corrected chi connectivity index (χ3v) is 3.89. The normalized spacial score (nSPS) is 20.1. The van der Waals surface area contributed by atoms with Crippen molar-refractivity contribution in [3.05, 3.63) is 35.9 Å². The monoisotopic (exact) mass is 306 g/mol. The summed E-state index contributed by atoms with van der Waals surface area (Å²) in [7, 11) is 0. The van der Waals surface area contributed by atoms with Gasteiger partial charge in [0.1, 0.15) is 12.6 Å². The van der Waals surface area contributed by atoms with Crippen LogP contribution in [0.15, 0.2) is 30.3 Å². The summed E-state index contributed by atoms with van der Waals surface area (Å²) in [5, 5.41) is 1.69. The molecule has 2 atom stereocenters. The predicted octanol–water partition coefficient (Wildman–Crippen LogP) is 0.791. The molecule has 1 N–H and O–H groups in total. The highest BCUT2D eigenvalue weighted by Gasteiger charge is 2.37. The van der Waals surface area contributed by atoms with E-state index >= 15 is 0 Å². The molecule has 0 aromatic heterocycles. The van der Waals surface area contributed by atoms with Crippen LogP contribution in [-0.2, 0) is 20.8 Å². The Hall–Kier alpha value is -1.82. The van der Waals surface area contributed by atoms with Crippen LogP contribution in [0.2, 0.25) is 0 Å². The molecule has 0 saturated carbocycles. The number of carbonyl (C=O) groups is 3. The molecular weight excluding hydrogens is 288 g/mol. The van der Waals surface area contributed by atoms with Crippen LogP contribution < -0.4 is 5.32 Å². The van der Waals surface area contributed by atoms with E-state index in [-0.39, 0.29) is 12.5 Å². The maximum atomic E-state index is 12.5. The van der Waals surface area contributed by atoms with Gasteiger partial charge in [0.2, 0.25) is 17.7 Å². The molecule has 1 aliphatic heterocycles. The van der Waals surface area contributed by atoms with Crippen LogP contribution in [0.1, 0.15) is 18.9 Å². The van der Waals surface area contributed by atoms with Crippen LogP contribution in [0.5, 0.6) is 0 Å². The van der Waals surface area contributed by atoms with Gasteiger partial charge in [0.25, 0.3) is 0 Å². The van der Waals surface area contributed by atoms with Gasteiger partial charge in [0, 0.05) is 0 Å². The van der Waals surface area contributed by atoms with E-state index in [0.29, 0.717) is 12.8 Å². The second-order valence-electron chi connectivity index (χ2n) is 5.01. The molecule has 6 heteroatoms. The highest BCUT2D eigenvalue weighted by atomic mass is 32.1. The highest BCUT2D eigenvalue weighted by molar-refractivity contribution is 7.81. The Bertz CT molecular complexity index is 547. The molecule has 0 bridgehead atoms. The summed E-state index contributed by atoms with van der Waals surface area (Å²) in [6.45, 7) is 1.72. The lowest BCUT2D eigenvalue weighted by Crippen LogP contribution is -2.60. The van der Waals surface area contributed by atoms with Gasteiger partial charge in [-0.15, -0.1) is 0 Å². The molecule has 1 heterocycles. The van der Waals surface area contributed by atoms with E-state index in [0.717, 1.165) is 5.56 Å². The van der Waals surface area contributed by atoms with Crippen LogP contribution >= 0.6 is 12.6 Å². The van der Waals surface area contributed by atoms with Crippen LogP contribution in [0.3, 0.4) is 0 Å². The zero-order valence-corrected chi connectivity index (χ0v) is 12.7. The van der Waals surface area contributed by atoms with Crippen molar-refractivity contribution in [2.45, 2.75) is 31.1 Å². The summed E-state index contributed by atoms with van der Waals surface area (Å²) in [6, 6.07) is 8.93. The minimum Gasteiger partial charge on any atom is -0.320 e. The van der Waals surface area contributed by atoms with Crippen molar-refractivity contribution in [2.75, 3.05) is 6.54 Å². The van der Waals surface area contributed by atoms with Crippen molar-refractivity contribution in [1.29, 1.82) is 0 Å². The number of imide groups is 1. The smallest absolute Gasteiger partial charge is 0.249 e. The number of hydrogen-bond acceptors (Lipinski definition) is 4. The zero-order chi connectivity index (χ0) is 15.4. The van der Waals surface area contributed by atoms with Gasteiger partial charge in [-0.2, -0.15) is 12.6 Å². The number of benzene rings is 1. The molecule has 1 fully saturated rings. The van der Waals surface area contributed by atoms with E-state index in [2.05, 4.69) is 17.9 Å². The highest BCUT2D eigenvalue weighted by Crippen LogP contribution is 2.16. The summed E-state index contributed by atoms with van der Waals surface area (Å²) in [6.07, 6.45) is 0.933. The van der Waals surface area contributed by atoms with Gasteiger partial charge in [-0.1, -0.05) is 37.3 Å². The quantitative estimate of drug-likeness (QED) is 0.638. The third kappa shape index (κ3) is 3.64. The van der Waals surface area contributed by atoms with Gasteiger partial charge in [-0.25, -0.2) is 0 Å². The molecule has 1 aromatic rings. The third-order valence-electron chi connectivity index (χ3n) is 3.48. The Morgan fingerprint density at radius 1 is 1.38 bits per heavy atom. The van der Waals surface area contributed by atoms with Crippen molar-refractivity contribution in [3.63, 3.8) is 0 Å². The lowest BCUT2D eigenvalue weighted by atomic mass is 10.1. The SMILES string of the molecule is CCC1C(=O)NC(=O)CN1C(=O)C(S)Cc1ccccc1. The molecule has 112 valence electrons. The Morgan fingerprint density at radius 3 is 2.67 bits per heavy atom. The number of nitrogens with zero attached hydrogens (tertiary/aromatic N) is 1. The number of thiol groups is 1. The van der Waals surface area contributed by atoms with Gasteiger partial charge >= 0.3 is 0 Å². The van der Waals surface area contributed by atoms with Crippen molar-refractivity contribution in [2.24, 2.45) is 0 Å². The van der Waals surface area contributed by atoms with Gasteiger partial charge in [-0.3, -0.25) is 19.7 Å². The Labute approximate surface area is 129 Å². The van der Waals surface area contributed by atoms with Crippen molar-refractivity contribution in [3.8, 4) is 0 Å². The van der Waals surface area contributed by atoms with Gasteiger partial charge in [0.15, 0.2) is 0 Å². The Balaban J connectivity index is 2.09. The molecular formula is C15H18N2O3S. The molecule has 5 nitrogen and oxygen atoms in total. The largest absolute Gasteiger partial charge is 0.320 e. The van der Waals surface area contributed by atoms with E-state index < -0.39 is 23.1 Å². The first kappa shape index (κ1) is 15.6. The maximum Gasteiger partial charge on any atom is 0.249 e. The Kier molecular flexibility index (Phi) is 5.01. The molecule has 1 saturated heterocycles. The van der Waals surface area contributed by atoms with Gasteiger partial charge in [0.05, 0.1) is 5.25 Å². The topological polar surface area (TPSA) is 66.5 Å². The minimum absolute atomic E-state index is 0.0884. The van der Waals surface area contributed by atoms with Crippen molar-refractivity contribution < 1.29 is 14.4 Å². The number of hydrogen-bond donors (Lipinski definition) is 2. The number of carbonyl (C=O) groups excluding carboxylic acids is 3. The van der Waals surface area contributed by atoms with E-state index in [1.165, 1.54) is 4.90 Å². The molecule has 2 rings (SSSR count). The molecule has 3 amide bonds. The lowest BCUT2D eigenvalue weighted by molar-refractivity contribution is -0.149. The zero-order valence-electron chi connectivity index (χ0n) is 11.8. The number of piperazine rings is 1. The van der Waals surface area contributed by atoms with Crippen LogP contribution in [0, 0.1) is 0 Å². The fourth-order valence-corrected chi connectivity index (χ4v) is 2.78. The predicted molar refractivity (Wildman–Crippen MR) is 81.9 cm³/mol. The van der Waals surface area contributed by atoms with Crippen molar-refractivity contribution >= 4 is 30.4 Å². The van der Waals surface area contributed by atoms with Crippen molar-refractivity contribution in [1.82, 2.24) is 10.2 Å². The average molecular weight is 306 g/mol. The Morgan fingerprint density at radius 2 is 2.05 bits per heavy atom. The summed E-state index contributed by atoms with van der Waals surface area (Å²) < 4.78 is 0. The van der Waals surface area contributed by atoms with E-state index in [4.69, 9.17) is 0 Å². The van der Waals surface area contributed by atoms with Crippen LogP contribution in [-0.4, -0.2) is 40.5 Å². The first-order valence-corrected chi connectivity index (χ1v) is 7.40. The molecule has 0 radical (unpaired) electrons. The minimum atomic E-state index is -0.597. The number of nitrogens with one attached hydrogen (secondary N) is 1. The summed E-state index contributed by atoms with van der Waals surface area (Å²) in [5.74, 6) is -1.14. The fraction of sp³-hybridized carbons (Fsp3) is 0.400. The summed E-state index contributed by atoms with van der Waals surface area (Å²) in [4.78, 5) is 37.1. The second-order valence-corrected chi connectivity index (χ2v) is 5.63. The molecule has 2 unspecified atom stereocenters. The summed E-state index contributed by atoms with van der Waals surface area (Å²) >= 11 is 4.35. The van der Waals surface area contributed by atoms with Gasteiger partial charge in [-0.05, 0) is 18.4 Å². The van der Waals surface area contributed by atoms with Gasteiger partial charge < -0.3 is 4.90 Å². The number of rotatable bonds is 4. The van der Waals surface area contributed by atoms with E-state index in [9.17, 15) is 14.4 Å². The first-order chi connectivity index (χ1) is 10.0. The standard InChI is InChI=1S/C15H18N2O3S/c1-2-11-14(19)16-13(18)9-17(11)15(20)12(21)8-10-6-4-3-5-7-10/h3-7,11-12,21H,2,8-9H2,1H3,(H,16,18,19). The van der Waals surface area contributed by atoms with E-state index in [1.54, 1.807) is 0 Å². The number of amides is 3. The van der Waals surface area contributed by atoms with E-state index in [1.807, 2.05) is 37.3 Å².